The lowest BCUT2D eigenvalue weighted by Crippen LogP contribution is -2.28. The Kier molecular flexibility index (Phi) is 3.84. The summed E-state index contributed by atoms with van der Waals surface area (Å²) in [6.07, 6.45) is -2.72. The van der Waals surface area contributed by atoms with Crippen molar-refractivity contribution in [1.29, 1.82) is 0 Å². The number of nitrogens with one attached hydrogen (secondary N) is 2. The van der Waals surface area contributed by atoms with Crippen LogP contribution in [0.1, 0.15) is 13.3 Å². The SMILES string of the molecule is CCCNCC(=O)Nc1ccc2c(c1)OC(F)(F)O2. The van der Waals surface area contributed by atoms with Gasteiger partial charge in [-0.15, -0.1) is 8.78 Å². The minimum Gasteiger partial charge on any atom is -0.395 e. The van der Waals surface area contributed by atoms with E-state index in [9.17, 15) is 13.6 Å². The van der Waals surface area contributed by atoms with Gasteiger partial charge in [-0.3, -0.25) is 4.79 Å². The third-order valence-electron chi connectivity index (χ3n) is 2.40. The van der Waals surface area contributed by atoms with E-state index in [1.807, 2.05) is 6.92 Å². The van der Waals surface area contributed by atoms with Crippen LogP contribution in [0.5, 0.6) is 11.5 Å². The molecule has 0 bridgehead atoms. The van der Waals surface area contributed by atoms with Gasteiger partial charge in [-0.1, -0.05) is 6.92 Å². The van der Waals surface area contributed by atoms with Gasteiger partial charge < -0.3 is 20.1 Å². The number of hydrogen-bond donors (Lipinski definition) is 2. The van der Waals surface area contributed by atoms with Gasteiger partial charge in [-0.25, -0.2) is 0 Å². The van der Waals surface area contributed by atoms with Crippen LogP contribution in [0.25, 0.3) is 0 Å². The molecule has 1 aromatic rings. The van der Waals surface area contributed by atoms with E-state index in [1.165, 1.54) is 18.2 Å². The smallest absolute Gasteiger partial charge is 0.395 e. The summed E-state index contributed by atoms with van der Waals surface area (Å²) >= 11 is 0. The molecule has 1 aliphatic rings. The Morgan fingerprint density at radius 3 is 2.79 bits per heavy atom. The molecule has 19 heavy (non-hydrogen) atoms. The summed E-state index contributed by atoms with van der Waals surface area (Å²) in [6, 6.07) is 4.10. The average Bonchev–Trinajstić information content (AvgIpc) is 2.62. The standard InChI is InChI=1S/C12H14F2N2O3/c1-2-5-15-7-11(17)16-8-3-4-9-10(6-8)19-12(13,14)18-9/h3-4,6,15H,2,5,7H2,1H3,(H,16,17). The first-order valence-electron chi connectivity index (χ1n) is 5.90. The number of anilines is 1. The fourth-order valence-electron chi connectivity index (χ4n) is 1.61. The van der Waals surface area contributed by atoms with Crippen molar-refractivity contribution in [2.45, 2.75) is 19.6 Å². The average molecular weight is 272 g/mol. The van der Waals surface area contributed by atoms with Crippen molar-refractivity contribution in [3.05, 3.63) is 18.2 Å². The molecule has 0 unspecified atom stereocenters. The summed E-state index contributed by atoms with van der Waals surface area (Å²) < 4.78 is 34.1. The number of alkyl halides is 2. The van der Waals surface area contributed by atoms with Crippen LogP contribution in [0.3, 0.4) is 0 Å². The van der Waals surface area contributed by atoms with Crippen molar-refractivity contribution < 1.29 is 23.0 Å². The van der Waals surface area contributed by atoms with E-state index in [4.69, 9.17) is 0 Å². The second-order valence-electron chi connectivity index (χ2n) is 4.05. The van der Waals surface area contributed by atoms with Crippen molar-refractivity contribution >= 4 is 11.6 Å². The van der Waals surface area contributed by atoms with E-state index >= 15 is 0 Å². The van der Waals surface area contributed by atoms with Gasteiger partial charge in [-0.05, 0) is 25.1 Å². The molecule has 2 N–H and O–H groups in total. The first-order chi connectivity index (χ1) is 9.00. The van der Waals surface area contributed by atoms with Crippen LogP contribution in [0.2, 0.25) is 0 Å². The molecule has 0 saturated heterocycles. The maximum Gasteiger partial charge on any atom is 0.586 e. The highest BCUT2D eigenvalue weighted by Crippen LogP contribution is 2.42. The molecule has 1 heterocycles. The van der Waals surface area contributed by atoms with Gasteiger partial charge in [0.2, 0.25) is 5.91 Å². The molecule has 0 radical (unpaired) electrons. The molecular weight excluding hydrogens is 258 g/mol. The van der Waals surface area contributed by atoms with E-state index in [-0.39, 0.29) is 24.0 Å². The lowest BCUT2D eigenvalue weighted by atomic mass is 10.3. The Hall–Kier alpha value is -1.89. The Labute approximate surface area is 108 Å². The lowest BCUT2D eigenvalue weighted by molar-refractivity contribution is -0.286. The largest absolute Gasteiger partial charge is 0.586 e. The first-order valence-corrected chi connectivity index (χ1v) is 5.90. The van der Waals surface area contributed by atoms with E-state index < -0.39 is 6.29 Å². The van der Waals surface area contributed by atoms with Gasteiger partial charge in [-0.2, -0.15) is 0 Å². The second kappa shape index (κ2) is 5.40. The minimum absolute atomic E-state index is 0.0490. The number of halogens is 2. The Balaban J connectivity index is 1.95. The van der Waals surface area contributed by atoms with Crippen molar-refractivity contribution in [2.24, 2.45) is 0 Å². The summed E-state index contributed by atoms with van der Waals surface area (Å²) in [5, 5.41) is 5.51. The molecule has 7 heteroatoms. The summed E-state index contributed by atoms with van der Waals surface area (Å²) in [6.45, 7) is 2.89. The molecule has 2 rings (SSSR count). The molecule has 1 aliphatic heterocycles. The quantitative estimate of drug-likeness (QED) is 0.804. The highest BCUT2D eigenvalue weighted by Gasteiger charge is 2.43. The normalized spacial score (nSPS) is 15.3. The highest BCUT2D eigenvalue weighted by atomic mass is 19.3. The van der Waals surface area contributed by atoms with Crippen LogP contribution in [0, 0.1) is 0 Å². The summed E-state index contributed by atoms with van der Waals surface area (Å²) in [5.41, 5.74) is 0.378. The summed E-state index contributed by atoms with van der Waals surface area (Å²) in [4.78, 5) is 11.5. The molecule has 0 aliphatic carbocycles. The third kappa shape index (κ3) is 3.54. The molecule has 104 valence electrons. The zero-order valence-electron chi connectivity index (χ0n) is 10.3. The Morgan fingerprint density at radius 1 is 1.32 bits per heavy atom. The maximum absolute atomic E-state index is 12.8. The van der Waals surface area contributed by atoms with Crippen molar-refractivity contribution in [3.63, 3.8) is 0 Å². The van der Waals surface area contributed by atoms with Gasteiger partial charge in [0.1, 0.15) is 0 Å². The van der Waals surface area contributed by atoms with E-state index in [0.29, 0.717) is 5.69 Å². The predicted octanol–water partition coefficient (Wildman–Crippen LogP) is 1.95. The van der Waals surface area contributed by atoms with Gasteiger partial charge in [0.25, 0.3) is 0 Å². The number of ether oxygens (including phenoxy) is 2. The van der Waals surface area contributed by atoms with Crippen molar-refractivity contribution in [2.75, 3.05) is 18.4 Å². The fourth-order valence-corrected chi connectivity index (χ4v) is 1.61. The molecule has 0 fully saturated rings. The van der Waals surface area contributed by atoms with E-state index in [0.717, 1.165) is 13.0 Å². The maximum atomic E-state index is 12.8. The van der Waals surface area contributed by atoms with Gasteiger partial charge in [0.15, 0.2) is 11.5 Å². The van der Waals surface area contributed by atoms with Crippen LogP contribution in [-0.4, -0.2) is 25.3 Å². The zero-order valence-corrected chi connectivity index (χ0v) is 10.3. The number of carbonyl (C=O) groups is 1. The van der Waals surface area contributed by atoms with Crippen LogP contribution >= 0.6 is 0 Å². The molecular formula is C12H14F2N2O3. The Bertz CT molecular complexity index is 480. The number of amides is 1. The first kappa shape index (κ1) is 13.5. The minimum atomic E-state index is -3.65. The summed E-state index contributed by atoms with van der Waals surface area (Å²) in [5.74, 6) is -0.393. The topological polar surface area (TPSA) is 59.6 Å². The highest BCUT2D eigenvalue weighted by molar-refractivity contribution is 5.92. The predicted molar refractivity (Wildman–Crippen MR) is 64.4 cm³/mol. The zero-order chi connectivity index (χ0) is 13.9. The molecule has 1 amide bonds. The molecule has 0 spiro atoms. The van der Waals surface area contributed by atoms with E-state index in [2.05, 4.69) is 20.1 Å². The van der Waals surface area contributed by atoms with Crippen molar-refractivity contribution in [3.8, 4) is 11.5 Å². The van der Waals surface area contributed by atoms with Gasteiger partial charge in [0.05, 0.1) is 6.54 Å². The third-order valence-corrected chi connectivity index (χ3v) is 2.40. The number of hydrogen-bond acceptors (Lipinski definition) is 4. The second-order valence-corrected chi connectivity index (χ2v) is 4.05. The van der Waals surface area contributed by atoms with E-state index in [1.54, 1.807) is 0 Å². The molecule has 0 atom stereocenters. The molecule has 0 saturated carbocycles. The molecule has 5 nitrogen and oxygen atoms in total. The fraction of sp³-hybridized carbons (Fsp3) is 0.417. The van der Waals surface area contributed by atoms with Gasteiger partial charge in [0, 0.05) is 11.8 Å². The number of benzene rings is 1. The molecule has 0 aromatic heterocycles. The Morgan fingerprint density at radius 2 is 2.05 bits per heavy atom. The van der Waals surface area contributed by atoms with Crippen LogP contribution in [-0.2, 0) is 4.79 Å². The number of fused-ring (bicyclic) bond motifs is 1. The van der Waals surface area contributed by atoms with Crippen LogP contribution in [0.15, 0.2) is 18.2 Å². The monoisotopic (exact) mass is 272 g/mol. The number of rotatable bonds is 5. The van der Waals surface area contributed by atoms with Crippen molar-refractivity contribution in [1.82, 2.24) is 5.32 Å². The van der Waals surface area contributed by atoms with Crippen LogP contribution < -0.4 is 20.1 Å². The van der Waals surface area contributed by atoms with Crippen LogP contribution in [0.4, 0.5) is 14.5 Å². The molecule has 1 aromatic carbocycles. The number of carbonyl (C=O) groups excluding carboxylic acids is 1. The lowest BCUT2D eigenvalue weighted by Gasteiger charge is -2.06. The van der Waals surface area contributed by atoms with Gasteiger partial charge >= 0.3 is 6.29 Å². The summed E-state index contributed by atoms with van der Waals surface area (Å²) in [7, 11) is 0.